The molecule has 7 nitrogen and oxygen atoms in total. The van der Waals surface area contributed by atoms with Crippen LogP contribution in [-0.4, -0.2) is 58.7 Å². The lowest BCUT2D eigenvalue weighted by Gasteiger charge is -2.36. The van der Waals surface area contributed by atoms with Crippen LogP contribution in [-0.2, 0) is 11.3 Å². The molecule has 1 saturated heterocycles. The molecule has 1 N–H and O–H groups in total. The monoisotopic (exact) mass is 403 g/mol. The van der Waals surface area contributed by atoms with Crippen LogP contribution in [0.1, 0.15) is 32.3 Å². The first-order valence-electron chi connectivity index (χ1n) is 9.97. The van der Waals surface area contributed by atoms with Crippen LogP contribution in [0.4, 0.5) is 5.82 Å². The van der Waals surface area contributed by atoms with Crippen molar-refractivity contribution in [2.75, 3.05) is 46.9 Å². The van der Waals surface area contributed by atoms with Crippen LogP contribution in [0.3, 0.4) is 0 Å². The van der Waals surface area contributed by atoms with Crippen molar-refractivity contribution in [1.29, 1.82) is 0 Å². The number of fused-ring (bicyclic) bond motifs is 1. The lowest BCUT2D eigenvalue weighted by atomic mass is 9.94. The number of benzene rings is 1. The van der Waals surface area contributed by atoms with Crippen molar-refractivity contribution >= 4 is 16.7 Å². The van der Waals surface area contributed by atoms with Crippen molar-refractivity contribution in [2.45, 2.75) is 44.9 Å². The smallest absolute Gasteiger partial charge is 0.204 e. The second kappa shape index (κ2) is 8.63. The third-order valence-corrected chi connectivity index (χ3v) is 5.38. The number of aromatic nitrogens is 1. The minimum atomic E-state index is -0.0882. The highest BCUT2D eigenvalue weighted by Gasteiger charge is 2.28. The Morgan fingerprint density at radius 2 is 1.86 bits per heavy atom. The Morgan fingerprint density at radius 1 is 1.14 bits per heavy atom. The molecule has 29 heavy (non-hydrogen) atoms. The minimum Gasteiger partial charge on any atom is -0.493 e. The van der Waals surface area contributed by atoms with Crippen LogP contribution in [0, 0.1) is 0 Å². The van der Waals surface area contributed by atoms with Gasteiger partial charge < -0.3 is 29.2 Å². The van der Waals surface area contributed by atoms with Crippen LogP contribution in [0.15, 0.2) is 12.1 Å². The maximum absolute atomic E-state index is 5.84. The van der Waals surface area contributed by atoms with Crippen molar-refractivity contribution in [2.24, 2.45) is 0 Å². The van der Waals surface area contributed by atoms with Crippen molar-refractivity contribution in [3.63, 3.8) is 0 Å². The van der Waals surface area contributed by atoms with E-state index in [9.17, 15) is 0 Å². The van der Waals surface area contributed by atoms with E-state index in [4.69, 9.17) is 23.9 Å². The molecule has 1 aliphatic heterocycles. The van der Waals surface area contributed by atoms with E-state index in [1.807, 2.05) is 25.1 Å². The molecule has 2 aromatic rings. The second-order valence-corrected chi connectivity index (χ2v) is 8.26. The fourth-order valence-electron chi connectivity index (χ4n) is 4.00. The molecule has 0 radical (unpaired) electrons. The maximum Gasteiger partial charge on any atom is 0.204 e. The van der Waals surface area contributed by atoms with Crippen LogP contribution < -0.4 is 24.4 Å². The number of pyridine rings is 1. The third-order valence-electron chi connectivity index (χ3n) is 5.38. The summed E-state index contributed by atoms with van der Waals surface area (Å²) in [5.74, 6) is 2.73. The predicted molar refractivity (Wildman–Crippen MR) is 116 cm³/mol. The Labute approximate surface area is 173 Å². The van der Waals surface area contributed by atoms with Gasteiger partial charge in [0.15, 0.2) is 11.5 Å². The summed E-state index contributed by atoms with van der Waals surface area (Å²) >= 11 is 0. The van der Waals surface area contributed by atoms with Crippen LogP contribution in [0.5, 0.6) is 17.2 Å². The van der Waals surface area contributed by atoms with Crippen molar-refractivity contribution in [3.8, 4) is 17.2 Å². The first kappa shape index (κ1) is 21.5. The van der Waals surface area contributed by atoms with Gasteiger partial charge in [-0.2, -0.15) is 0 Å². The SMILES string of the molecule is COc1cc2nc(N(C)C)c(CNC3CCOC(C)(C)C3)cc2c(OC)c1OC. The van der Waals surface area contributed by atoms with Crippen molar-refractivity contribution in [3.05, 3.63) is 17.7 Å². The summed E-state index contributed by atoms with van der Waals surface area (Å²) in [6, 6.07) is 4.44. The molecule has 0 spiro atoms. The van der Waals surface area contributed by atoms with E-state index in [2.05, 4.69) is 25.2 Å². The van der Waals surface area contributed by atoms with Gasteiger partial charge in [-0.25, -0.2) is 4.98 Å². The van der Waals surface area contributed by atoms with E-state index in [0.29, 0.717) is 29.8 Å². The number of ether oxygens (including phenoxy) is 4. The molecule has 160 valence electrons. The summed E-state index contributed by atoms with van der Waals surface area (Å²) in [5, 5.41) is 4.60. The van der Waals surface area contributed by atoms with E-state index in [-0.39, 0.29) is 5.60 Å². The average Bonchev–Trinajstić information content (AvgIpc) is 2.69. The number of hydrogen-bond acceptors (Lipinski definition) is 7. The molecule has 7 heteroatoms. The summed E-state index contributed by atoms with van der Waals surface area (Å²) in [7, 11) is 8.88. The standard InChI is InChI=1S/C22H33N3O4/c1-22(2)12-15(8-9-29-22)23-13-14-10-16-17(24-21(14)25(3)4)11-18(26-5)20(28-7)19(16)27-6/h10-11,15,23H,8-9,12-13H2,1-7H3. The number of hydrogen-bond donors (Lipinski definition) is 1. The lowest BCUT2D eigenvalue weighted by molar-refractivity contribution is -0.0630. The highest BCUT2D eigenvalue weighted by molar-refractivity contribution is 5.92. The predicted octanol–water partition coefficient (Wildman–Crippen LogP) is 3.37. The van der Waals surface area contributed by atoms with Gasteiger partial charge in [0.05, 0.1) is 32.4 Å². The van der Waals surface area contributed by atoms with Gasteiger partial charge in [-0.05, 0) is 32.8 Å². The molecule has 1 aromatic heterocycles. The average molecular weight is 404 g/mol. The van der Waals surface area contributed by atoms with Gasteiger partial charge in [0.1, 0.15) is 5.82 Å². The fraction of sp³-hybridized carbons (Fsp3) is 0.591. The lowest BCUT2D eigenvalue weighted by Crippen LogP contribution is -2.43. The highest BCUT2D eigenvalue weighted by Crippen LogP contribution is 2.43. The number of anilines is 1. The molecule has 1 unspecified atom stereocenters. The maximum atomic E-state index is 5.84. The van der Waals surface area contributed by atoms with Gasteiger partial charge in [0.2, 0.25) is 5.75 Å². The minimum absolute atomic E-state index is 0.0882. The fourth-order valence-corrected chi connectivity index (χ4v) is 4.00. The van der Waals surface area contributed by atoms with Gasteiger partial charge in [-0.15, -0.1) is 0 Å². The summed E-state index contributed by atoms with van der Waals surface area (Å²) in [5.41, 5.74) is 1.83. The molecule has 1 atom stereocenters. The van der Waals surface area contributed by atoms with Crippen LogP contribution >= 0.6 is 0 Å². The molecule has 1 aliphatic rings. The van der Waals surface area contributed by atoms with E-state index in [1.165, 1.54) is 0 Å². The van der Waals surface area contributed by atoms with Crippen LogP contribution in [0.25, 0.3) is 10.9 Å². The van der Waals surface area contributed by atoms with E-state index in [1.54, 1.807) is 21.3 Å². The van der Waals surface area contributed by atoms with E-state index in [0.717, 1.165) is 41.7 Å². The van der Waals surface area contributed by atoms with Gasteiger partial charge in [-0.3, -0.25) is 0 Å². The highest BCUT2D eigenvalue weighted by atomic mass is 16.5. The van der Waals surface area contributed by atoms with Gasteiger partial charge in [0.25, 0.3) is 0 Å². The summed E-state index contributed by atoms with van der Waals surface area (Å²) in [6.45, 7) is 5.79. The summed E-state index contributed by atoms with van der Waals surface area (Å²) < 4.78 is 22.5. The van der Waals surface area contributed by atoms with Crippen molar-refractivity contribution < 1.29 is 18.9 Å². The zero-order valence-electron chi connectivity index (χ0n) is 18.6. The molecule has 0 aliphatic carbocycles. The van der Waals surface area contributed by atoms with Gasteiger partial charge in [-0.1, -0.05) is 0 Å². The third kappa shape index (κ3) is 4.51. The molecule has 0 amide bonds. The molecule has 2 heterocycles. The number of rotatable bonds is 7. The Kier molecular flexibility index (Phi) is 6.39. The number of nitrogens with zero attached hydrogens (tertiary/aromatic N) is 2. The van der Waals surface area contributed by atoms with Crippen LogP contribution in [0.2, 0.25) is 0 Å². The molecular formula is C22H33N3O4. The van der Waals surface area contributed by atoms with Crippen molar-refractivity contribution in [1.82, 2.24) is 10.3 Å². The first-order valence-corrected chi connectivity index (χ1v) is 9.97. The van der Waals surface area contributed by atoms with Gasteiger partial charge in [0, 0.05) is 50.3 Å². The number of methoxy groups -OCH3 is 3. The van der Waals surface area contributed by atoms with E-state index >= 15 is 0 Å². The molecule has 0 bridgehead atoms. The molecule has 0 saturated carbocycles. The quantitative estimate of drug-likeness (QED) is 0.760. The molecule has 1 fully saturated rings. The Balaban J connectivity index is 2.00. The summed E-state index contributed by atoms with van der Waals surface area (Å²) in [6.07, 6.45) is 2.00. The molecular weight excluding hydrogens is 370 g/mol. The zero-order valence-corrected chi connectivity index (χ0v) is 18.6. The Bertz CT molecular complexity index is 867. The summed E-state index contributed by atoms with van der Waals surface area (Å²) in [4.78, 5) is 6.94. The Morgan fingerprint density at radius 3 is 2.45 bits per heavy atom. The van der Waals surface area contributed by atoms with E-state index < -0.39 is 0 Å². The molecule has 1 aromatic carbocycles. The second-order valence-electron chi connectivity index (χ2n) is 8.26. The van der Waals surface area contributed by atoms with Gasteiger partial charge >= 0.3 is 0 Å². The topological polar surface area (TPSA) is 65.1 Å². The first-order chi connectivity index (χ1) is 13.8. The Hall–Kier alpha value is -2.25. The number of nitrogens with one attached hydrogen (secondary N) is 1. The zero-order chi connectivity index (χ0) is 21.2. The normalized spacial score (nSPS) is 18.5. The molecule has 3 rings (SSSR count). The largest absolute Gasteiger partial charge is 0.493 e.